The van der Waals surface area contributed by atoms with Crippen LogP contribution in [0.3, 0.4) is 0 Å². The van der Waals surface area contributed by atoms with E-state index in [1.165, 1.54) is 0 Å². The third kappa shape index (κ3) is 3.17. The number of ether oxygens (including phenoxy) is 1. The maximum atomic E-state index is 9.68. The van der Waals surface area contributed by atoms with Crippen molar-refractivity contribution in [3.63, 3.8) is 0 Å². The molecule has 1 aromatic carbocycles. The van der Waals surface area contributed by atoms with Crippen LogP contribution < -0.4 is 4.74 Å². The van der Waals surface area contributed by atoms with Crippen molar-refractivity contribution in [3.8, 4) is 11.5 Å². The Labute approximate surface area is 111 Å². The summed E-state index contributed by atoms with van der Waals surface area (Å²) in [7, 11) is 1.65. The molecule has 18 heavy (non-hydrogen) atoms. The zero-order valence-electron chi connectivity index (χ0n) is 10.4. The Kier molecular flexibility index (Phi) is 4.10. The van der Waals surface area contributed by atoms with Gasteiger partial charge in [-0.2, -0.15) is 0 Å². The molecule has 0 saturated carbocycles. The molecule has 0 bridgehead atoms. The summed E-state index contributed by atoms with van der Waals surface area (Å²) in [5.74, 6) is 1.83. The van der Waals surface area contributed by atoms with Crippen LogP contribution in [0.1, 0.15) is 11.4 Å². The Bertz CT molecular complexity index is 543. The molecule has 0 saturated heterocycles. The van der Waals surface area contributed by atoms with Crippen LogP contribution in [-0.4, -0.2) is 17.2 Å². The molecule has 2 rings (SSSR count). The lowest BCUT2D eigenvalue weighted by Crippen LogP contribution is -1.93. The number of hydrogen-bond acceptors (Lipinski definition) is 4. The molecule has 0 fully saturated rings. The number of para-hydroxylation sites is 1. The number of aryl methyl sites for hydroxylation is 1. The van der Waals surface area contributed by atoms with Gasteiger partial charge in [-0.05, 0) is 19.1 Å². The summed E-state index contributed by atoms with van der Waals surface area (Å²) in [6, 6.07) is 11.1. The third-order valence-electron chi connectivity index (χ3n) is 2.46. The number of phenolic OH excluding ortho intramolecular Hbond substituents is 1. The van der Waals surface area contributed by atoms with Gasteiger partial charge in [0.25, 0.3) is 0 Å². The van der Waals surface area contributed by atoms with E-state index in [-0.39, 0.29) is 0 Å². The molecule has 1 aromatic heterocycles. The number of aromatic hydroxyl groups is 1. The van der Waals surface area contributed by atoms with Gasteiger partial charge in [-0.25, -0.2) is 0 Å². The minimum absolute atomic E-state index is 0.308. The second-order valence-corrected chi connectivity index (χ2v) is 4.91. The first-order valence-electron chi connectivity index (χ1n) is 5.61. The standard InChI is InChI=1S/C14H15NO2S/c1-10-7-12(17-2)8-11(15-10)9-18-14-6-4-3-5-13(14)16/h3-8,16H,9H2,1-2H3. The molecule has 2 aromatic rings. The van der Waals surface area contributed by atoms with Crippen molar-refractivity contribution >= 4 is 11.8 Å². The number of phenols is 1. The van der Waals surface area contributed by atoms with Crippen molar-refractivity contribution in [2.45, 2.75) is 17.6 Å². The fourth-order valence-electron chi connectivity index (χ4n) is 1.63. The first-order chi connectivity index (χ1) is 8.69. The van der Waals surface area contributed by atoms with E-state index in [2.05, 4.69) is 4.98 Å². The highest BCUT2D eigenvalue weighted by Crippen LogP contribution is 2.30. The van der Waals surface area contributed by atoms with Crippen LogP contribution in [0.4, 0.5) is 0 Å². The van der Waals surface area contributed by atoms with Gasteiger partial charge < -0.3 is 9.84 Å². The first kappa shape index (κ1) is 12.8. The maximum absolute atomic E-state index is 9.68. The summed E-state index contributed by atoms with van der Waals surface area (Å²) in [6.07, 6.45) is 0. The lowest BCUT2D eigenvalue weighted by molar-refractivity contribution is 0.413. The highest BCUT2D eigenvalue weighted by atomic mass is 32.2. The average Bonchev–Trinajstić information content (AvgIpc) is 2.37. The molecule has 0 aliphatic rings. The van der Waals surface area contributed by atoms with Crippen LogP contribution in [0, 0.1) is 6.92 Å². The van der Waals surface area contributed by atoms with Gasteiger partial charge in [0.1, 0.15) is 11.5 Å². The van der Waals surface area contributed by atoms with Gasteiger partial charge in [0.05, 0.1) is 12.8 Å². The van der Waals surface area contributed by atoms with Gasteiger partial charge in [-0.3, -0.25) is 4.98 Å². The first-order valence-corrected chi connectivity index (χ1v) is 6.60. The van der Waals surface area contributed by atoms with E-state index >= 15 is 0 Å². The van der Waals surface area contributed by atoms with Gasteiger partial charge in [0.2, 0.25) is 0 Å². The van der Waals surface area contributed by atoms with E-state index < -0.39 is 0 Å². The number of methoxy groups -OCH3 is 1. The number of hydrogen-bond donors (Lipinski definition) is 1. The van der Waals surface area contributed by atoms with Crippen molar-refractivity contribution in [2.24, 2.45) is 0 Å². The molecule has 0 amide bonds. The number of rotatable bonds is 4. The molecule has 0 unspecified atom stereocenters. The zero-order chi connectivity index (χ0) is 13.0. The van der Waals surface area contributed by atoms with E-state index in [1.54, 1.807) is 24.9 Å². The second kappa shape index (κ2) is 5.78. The Hall–Kier alpha value is -1.68. The average molecular weight is 261 g/mol. The highest BCUT2D eigenvalue weighted by molar-refractivity contribution is 7.98. The van der Waals surface area contributed by atoms with Crippen LogP contribution in [0.25, 0.3) is 0 Å². The molecule has 0 radical (unpaired) electrons. The molecule has 1 heterocycles. The van der Waals surface area contributed by atoms with Crippen LogP contribution >= 0.6 is 11.8 Å². The molecular weight excluding hydrogens is 246 g/mol. The van der Waals surface area contributed by atoms with Crippen LogP contribution in [0.2, 0.25) is 0 Å². The Balaban J connectivity index is 2.11. The largest absolute Gasteiger partial charge is 0.507 e. The second-order valence-electron chi connectivity index (χ2n) is 3.90. The Morgan fingerprint density at radius 2 is 2.06 bits per heavy atom. The van der Waals surface area contributed by atoms with Crippen molar-refractivity contribution in [2.75, 3.05) is 7.11 Å². The van der Waals surface area contributed by atoms with Crippen LogP contribution in [-0.2, 0) is 5.75 Å². The van der Waals surface area contributed by atoms with E-state index in [0.717, 1.165) is 22.0 Å². The van der Waals surface area contributed by atoms with E-state index in [0.29, 0.717) is 11.5 Å². The summed E-state index contributed by atoms with van der Waals surface area (Å²) < 4.78 is 5.21. The molecule has 3 nitrogen and oxygen atoms in total. The fraction of sp³-hybridized carbons (Fsp3) is 0.214. The summed E-state index contributed by atoms with van der Waals surface area (Å²) in [5, 5.41) is 9.68. The molecular formula is C14H15NO2S. The minimum Gasteiger partial charge on any atom is -0.507 e. The molecule has 94 valence electrons. The summed E-state index contributed by atoms with van der Waals surface area (Å²) in [6.45, 7) is 1.94. The van der Waals surface area contributed by atoms with Gasteiger partial charge >= 0.3 is 0 Å². The number of nitrogens with zero attached hydrogens (tertiary/aromatic N) is 1. The molecule has 1 N–H and O–H groups in total. The van der Waals surface area contributed by atoms with Gasteiger partial charge in [0.15, 0.2) is 0 Å². The lowest BCUT2D eigenvalue weighted by Gasteiger charge is -2.07. The smallest absolute Gasteiger partial charge is 0.129 e. The van der Waals surface area contributed by atoms with Crippen molar-refractivity contribution in [3.05, 3.63) is 47.8 Å². The highest BCUT2D eigenvalue weighted by Gasteiger charge is 2.04. The third-order valence-corrected chi connectivity index (χ3v) is 3.55. The SMILES string of the molecule is COc1cc(C)nc(CSc2ccccc2O)c1. The number of thioether (sulfide) groups is 1. The molecule has 4 heteroatoms. The van der Waals surface area contributed by atoms with Crippen LogP contribution in [0.5, 0.6) is 11.5 Å². The summed E-state index contributed by atoms with van der Waals surface area (Å²) in [4.78, 5) is 5.30. The fourth-order valence-corrected chi connectivity index (χ4v) is 2.47. The van der Waals surface area contributed by atoms with Gasteiger partial charge in [0, 0.05) is 28.5 Å². The molecule has 0 aliphatic heterocycles. The predicted molar refractivity (Wildman–Crippen MR) is 73.2 cm³/mol. The number of benzene rings is 1. The van der Waals surface area contributed by atoms with Crippen LogP contribution in [0.15, 0.2) is 41.3 Å². The van der Waals surface area contributed by atoms with Gasteiger partial charge in [-0.1, -0.05) is 12.1 Å². The lowest BCUT2D eigenvalue weighted by atomic mass is 10.3. The van der Waals surface area contributed by atoms with E-state index in [1.807, 2.05) is 37.3 Å². The summed E-state index contributed by atoms with van der Waals surface area (Å²) in [5.41, 5.74) is 1.88. The number of pyridine rings is 1. The van der Waals surface area contributed by atoms with Crippen molar-refractivity contribution < 1.29 is 9.84 Å². The van der Waals surface area contributed by atoms with E-state index in [4.69, 9.17) is 4.74 Å². The van der Waals surface area contributed by atoms with E-state index in [9.17, 15) is 5.11 Å². The topological polar surface area (TPSA) is 42.4 Å². The zero-order valence-corrected chi connectivity index (χ0v) is 11.2. The number of aromatic nitrogens is 1. The Morgan fingerprint density at radius 3 is 2.78 bits per heavy atom. The summed E-state index contributed by atoms with van der Waals surface area (Å²) >= 11 is 1.56. The quantitative estimate of drug-likeness (QED) is 0.857. The van der Waals surface area contributed by atoms with Gasteiger partial charge in [-0.15, -0.1) is 11.8 Å². The Morgan fingerprint density at radius 1 is 1.28 bits per heavy atom. The van der Waals surface area contributed by atoms with Crippen molar-refractivity contribution in [1.82, 2.24) is 4.98 Å². The molecule has 0 atom stereocenters. The monoisotopic (exact) mass is 261 g/mol. The minimum atomic E-state index is 0.308. The van der Waals surface area contributed by atoms with Crippen molar-refractivity contribution in [1.29, 1.82) is 0 Å². The predicted octanol–water partition coefficient (Wildman–Crippen LogP) is 3.40. The maximum Gasteiger partial charge on any atom is 0.129 e. The molecule has 0 aliphatic carbocycles. The molecule has 0 spiro atoms. The normalized spacial score (nSPS) is 10.3.